The molecule has 1 heterocycles. The fourth-order valence-corrected chi connectivity index (χ4v) is 1.56. The van der Waals surface area contributed by atoms with Gasteiger partial charge in [-0.15, -0.1) is 0 Å². The summed E-state index contributed by atoms with van der Waals surface area (Å²) in [5.41, 5.74) is 6.07. The van der Waals surface area contributed by atoms with Crippen LogP contribution in [-0.2, 0) is 7.05 Å². The molecule has 0 bridgehead atoms. The number of amidine groups is 1. The van der Waals surface area contributed by atoms with Gasteiger partial charge in [0.1, 0.15) is 11.5 Å². The van der Waals surface area contributed by atoms with E-state index in [1.165, 1.54) is 0 Å². The first-order valence-corrected chi connectivity index (χ1v) is 5.46. The normalized spacial score (nSPS) is 11.4. The van der Waals surface area contributed by atoms with E-state index in [0.29, 0.717) is 22.8 Å². The number of benzene rings is 1. The Labute approximate surface area is 109 Å². The molecule has 100 valence electrons. The summed E-state index contributed by atoms with van der Waals surface area (Å²) in [5.74, 6) is 1.53. The standard InChI is InChI=1S/C12H14N4O3/c1-16-7-9(6-14-16)19-11-5-8(18-2)3-4-10(11)12(13)15-17/h3-7,17H,1-2H3,(H2,13,15). The average molecular weight is 262 g/mol. The van der Waals surface area contributed by atoms with Crippen LogP contribution >= 0.6 is 0 Å². The van der Waals surface area contributed by atoms with Gasteiger partial charge in [0.15, 0.2) is 11.6 Å². The van der Waals surface area contributed by atoms with Gasteiger partial charge in [0.25, 0.3) is 0 Å². The molecule has 3 N–H and O–H groups in total. The van der Waals surface area contributed by atoms with Gasteiger partial charge in [-0.3, -0.25) is 4.68 Å². The zero-order valence-corrected chi connectivity index (χ0v) is 10.6. The van der Waals surface area contributed by atoms with Crippen LogP contribution in [0, 0.1) is 0 Å². The predicted octanol–water partition coefficient (Wildman–Crippen LogP) is 1.32. The number of hydrogen-bond donors (Lipinski definition) is 2. The van der Waals surface area contributed by atoms with E-state index in [9.17, 15) is 0 Å². The topological polar surface area (TPSA) is 94.9 Å². The predicted molar refractivity (Wildman–Crippen MR) is 68.8 cm³/mol. The van der Waals surface area contributed by atoms with Crippen molar-refractivity contribution in [1.29, 1.82) is 0 Å². The van der Waals surface area contributed by atoms with Crippen LogP contribution < -0.4 is 15.2 Å². The van der Waals surface area contributed by atoms with E-state index >= 15 is 0 Å². The van der Waals surface area contributed by atoms with Gasteiger partial charge in [0, 0.05) is 13.1 Å². The van der Waals surface area contributed by atoms with Gasteiger partial charge < -0.3 is 20.4 Å². The molecule has 0 aliphatic carbocycles. The second-order valence-electron chi connectivity index (χ2n) is 3.80. The number of ether oxygens (including phenoxy) is 2. The van der Waals surface area contributed by atoms with Gasteiger partial charge in [-0.1, -0.05) is 5.16 Å². The van der Waals surface area contributed by atoms with Crippen LogP contribution in [-0.4, -0.2) is 27.9 Å². The Morgan fingerprint density at radius 1 is 1.42 bits per heavy atom. The maximum absolute atomic E-state index is 8.77. The minimum Gasteiger partial charge on any atom is -0.497 e. The summed E-state index contributed by atoms with van der Waals surface area (Å²) in [7, 11) is 3.33. The Morgan fingerprint density at radius 3 is 2.79 bits per heavy atom. The second kappa shape index (κ2) is 5.30. The van der Waals surface area contributed by atoms with Gasteiger partial charge in [0.2, 0.25) is 0 Å². The van der Waals surface area contributed by atoms with E-state index < -0.39 is 0 Å². The highest BCUT2D eigenvalue weighted by molar-refractivity contribution is 5.99. The Hall–Kier alpha value is -2.70. The number of aromatic nitrogens is 2. The molecule has 0 saturated heterocycles. The maximum Gasteiger partial charge on any atom is 0.173 e. The van der Waals surface area contributed by atoms with Crippen molar-refractivity contribution in [3.63, 3.8) is 0 Å². The summed E-state index contributed by atoms with van der Waals surface area (Å²) in [4.78, 5) is 0. The van der Waals surface area contributed by atoms with E-state index in [4.69, 9.17) is 20.4 Å². The summed E-state index contributed by atoms with van der Waals surface area (Å²) in [6, 6.07) is 5.00. The second-order valence-corrected chi connectivity index (χ2v) is 3.80. The highest BCUT2D eigenvalue weighted by atomic mass is 16.5. The van der Waals surface area contributed by atoms with Crippen molar-refractivity contribution in [2.24, 2.45) is 17.9 Å². The zero-order chi connectivity index (χ0) is 13.8. The fourth-order valence-electron chi connectivity index (χ4n) is 1.56. The molecule has 19 heavy (non-hydrogen) atoms. The number of aryl methyl sites for hydroxylation is 1. The average Bonchev–Trinajstić information content (AvgIpc) is 2.83. The zero-order valence-electron chi connectivity index (χ0n) is 10.6. The fraction of sp³-hybridized carbons (Fsp3) is 0.167. The van der Waals surface area contributed by atoms with Crippen LogP contribution in [0.4, 0.5) is 0 Å². The molecule has 0 aliphatic heterocycles. The van der Waals surface area contributed by atoms with Gasteiger partial charge >= 0.3 is 0 Å². The van der Waals surface area contributed by atoms with E-state index in [2.05, 4.69) is 10.3 Å². The molecule has 7 heteroatoms. The van der Waals surface area contributed by atoms with Crippen molar-refractivity contribution in [2.45, 2.75) is 0 Å². The van der Waals surface area contributed by atoms with Crippen molar-refractivity contribution in [3.05, 3.63) is 36.2 Å². The van der Waals surface area contributed by atoms with Gasteiger partial charge in [-0.2, -0.15) is 5.10 Å². The molecule has 0 saturated carbocycles. The number of oxime groups is 1. The lowest BCUT2D eigenvalue weighted by Gasteiger charge is -2.10. The number of nitrogens with two attached hydrogens (primary N) is 1. The molecule has 7 nitrogen and oxygen atoms in total. The molecular formula is C12H14N4O3. The molecule has 0 atom stereocenters. The number of hydrogen-bond acceptors (Lipinski definition) is 5. The van der Waals surface area contributed by atoms with E-state index in [1.54, 1.807) is 49.4 Å². The highest BCUT2D eigenvalue weighted by Crippen LogP contribution is 2.29. The first kappa shape index (κ1) is 12.7. The number of nitrogens with zero attached hydrogens (tertiary/aromatic N) is 3. The van der Waals surface area contributed by atoms with E-state index in [0.717, 1.165) is 0 Å². The molecule has 0 aliphatic rings. The van der Waals surface area contributed by atoms with E-state index in [-0.39, 0.29) is 5.84 Å². The monoisotopic (exact) mass is 262 g/mol. The molecule has 2 rings (SSSR count). The lowest BCUT2D eigenvalue weighted by molar-refractivity contribution is 0.318. The van der Waals surface area contributed by atoms with Crippen LogP contribution in [0.5, 0.6) is 17.2 Å². The Kier molecular flexibility index (Phi) is 3.56. The molecule has 1 aromatic heterocycles. The van der Waals surface area contributed by atoms with Gasteiger partial charge in [0.05, 0.1) is 25.1 Å². The SMILES string of the molecule is COc1ccc(/C(N)=N/O)c(Oc2cnn(C)c2)c1. The van der Waals surface area contributed by atoms with E-state index in [1.807, 2.05) is 0 Å². The summed E-state index contributed by atoms with van der Waals surface area (Å²) in [5, 5.41) is 15.7. The minimum absolute atomic E-state index is 0.0402. The van der Waals surface area contributed by atoms with Crippen molar-refractivity contribution < 1.29 is 14.7 Å². The Morgan fingerprint density at radius 2 is 2.21 bits per heavy atom. The van der Waals surface area contributed by atoms with Gasteiger partial charge in [-0.05, 0) is 12.1 Å². The lowest BCUT2D eigenvalue weighted by atomic mass is 10.1. The maximum atomic E-state index is 8.77. The Balaban J connectivity index is 2.40. The first-order valence-electron chi connectivity index (χ1n) is 5.46. The smallest absolute Gasteiger partial charge is 0.173 e. The molecular weight excluding hydrogens is 248 g/mol. The van der Waals surface area contributed by atoms with Crippen LogP contribution in [0.15, 0.2) is 35.7 Å². The van der Waals surface area contributed by atoms with Crippen LogP contribution in [0.2, 0.25) is 0 Å². The van der Waals surface area contributed by atoms with Crippen molar-refractivity contribution >= 4 is 5.84 Å². The molecule has 2 aromatic rings. The highest BCUT2D eigenvalue weighted by Gasteiger charge is 2.11. The first-order chi connectivity index (χ1) is 9.13. The summed E-state index contributed by atoms with van der Waals surface area (Å²) >= 11 is 0. The summed E-state index contributed by atoms with van der Waals surface area (Å²) in [6.07, 6.45) is 3.27. The molecule has 1 aromatic carbocycles. The summed E-state index contributed by atoms with van der Waals surface area (Å²) < 4.78 is 12.4. The van der Waals surface area contributed by atoms with Crippen molar-refractivity contribution in [3.8, 4) is 17.2 Å². The third-order valence-electron chi connectivity index (χ3n) is 2.48. The van der Waals surface area contributed by atoms with Crippen molar-refractivity contribution in [2.75, 3.05) is 7.11 Å². The third kappa shape index (κ3) is 2.76. The number of methoxy groups -OCH3 is 1. The number of rotatable bonds is 4. The minimum atomic E-state index is -0.0402. The van der Waals surface area contributed by atoms with Crippen LogP contribution in [0.25, 0.3) is 0 Å². The van der Waals surface area contributed by atoms with Crippen LogP contribution in [0.3, 0.4) is 0 Å². The van der Waals surface area contributed by atoms with Crippen LogP contribution in [0.1, 0.15) is 5.56 Å². The quantitative estimate of drug-likeness (QED) is 0.375. The molecule has 0 amide bonds. The largest absolute Gasteiger partial charge is 0.497 e. The molecule has 0 unspecified atom stereocenters. The molecule has 0 spiro atoms. The third-order valence-corrected chi connectivity index (χ3v) is 2.48. The molecule has 0 radical (unpaired) electrons. The lowest BCUT2D eigenvalue weighted by Crippen LogP contribution is -2.14. The Bertz CT molecular complexity index is 607. The van der Waals surface area contributed by atoms with Crippen molar-refractivity contribution in [1.82, 2.24) is 9.78 Å². The molecule has 0 fully saturated rings. The summed E-state index contributed by atoms with van der Waals surface area (Å²) in [6.45, 7) is 0. The van der Waals surface area contributed by atoms with Gasteiger partial charge in [-0.25, -0.2) is 0 Å².